The molecule has 0 spiro atoms. The van der Waals surface area contributed by atoms with Gasteiger partial charge in [-0.3, -0.25) is 0 Å². The third-order valence-electron chi connectivity index (χ3n) is 2.67. The van der Waals surface area contributed by atoms with E-state index in [-0.39, 0.29) is 0 Å². The predicted octanol–water partition coefficient (Wildman–Crippen LogP) is 2.05. The van der Waals surface area contributed by atoms with Gasteiger partial charge in [0.1, 0.15) is 0 Å². The van der Waals surface area contributed by atoms with Gasteiger partial charge in [-0.2, -0.15) is 0 Å². The second-order valence-electron chi connectivity index (χ2n) is 3.65. The number of rotatable bonds is 3. The van der Waals surface area contributed by atoms with Crippen molar-refractivity contribution in [1.29, 1.82) is 0 Å². The van der Waals surface area contributed by atoms with Gasteiger partial charge in [-0.15, -0.1) is 0 Å². The highest BCUT2D eigenvalue weighted by molar-refractivity contribution is 6.31. The van der Waals surface area contributed by atoms with E-state index in [0.717, 1.165) is 30.1 Å². The molecule has 0 amide bonds. The zero-order valence-corrected chi connectivity index (χ0v) is 8.93. The third kappa shape index (κ3) is 1.86. The molecule has 2 N–H and O–H groups in total. The molecule has 0 bridgehead atoms. The molecule has 1 aromatic carbocycles. The molecule has 3 heteroatoms. The van der Waals surface area contributed by atoms with Crippen molar-refractivity contribution in [2.24, 2.45) is 5.73 Å². The topological polar surface area (TPSA) is 29.3 Å². The van der Waals surface area contributed by atoms with Gasteiger partial charge in [0.05, 0.1) is 0 Å². The lowest BCUT2D eigenvalue weighted by atomic mass is 10.1. The number of benzene rings is 1. The maximum atomic E-state index is 6.15. The first kappa shape index (κ1) is 9.81. The van der Waals surface area contributed by atoms with Crippen molar-refractivity contribution in [3.05, 3.63) is 28.8 Å². The lowest BCUT2D eigenvalue weighted by Crippen LogP contribution is -2.36. The summed E-state index contributed by atoms with van der Waals surface area (Å²) in [5, 5.41) is 0.847. The highest BCUT2D eigenvalue weighted by atomic mass is 35.5. The van der Waals surface area contributed by atoms with Crippen LogP contribution in [0.25, 0.3) is 0 Å². The molecule has 1 saturated heterocycles. The first-order chi connectivity index (χ1) is 6.81. The summed E-state index contributed by atoms with van der Waals surface area (Å²) in [5.41, 5.74) is 7.88. The van der Waals surface area contributed by atoms with Crippen LogP contribution in [0.1, 0.15) is 12.0 Å². The molecule has 2 nitrogen and oxygen atoms in total. The lowest BCUT2D eigenvalue weighted by Gasteiger charge is -2.33. The molecule has 0 atom stereocenters. The summed E-state index contributed by atoms with van der Waals surface area (Å²) < 4.78 is 0. The molecule has 0 saturated carbocycles. The van der Waals surface area contributed by atoms with E-state index in [1.165, 1.54) is 12.1 Å². The van der Waals surface area contributed by atoms with E-state index < -0.39 is 0 Å². The summed E-state index contributed by atoms with van der Waals surface area (Å²) in [6.45, 7) is 2.97. The van der Waals surface area contributed by atoms with Crippen molar-refractivity contribution >= 4 is 17.3 Å². The van der Waals surface area contributed by atoms with Crippen molar-refractivity contribution < 1.29 is 0 Å². The van der Waals surface area contributed by atoms with Gasteiger partial charge in [-0.25, -0.2) is 0 Å². The number of anilines is 1. The standard InChI is InChI=1S/C11H15ClN2/c12-11-8-10(14-6-1-7-14)3-2-9(11)4-5-13/h2-3,8H,1,4-7,13H2. The maximum Gasteiger partial charge on any atom is 0.0459 e. The Morgan fingerprint density at radius 1 is 1.36 bits per heavy atom. The molecule has 1 aliphatic heterocycles. The number of hydrogen-bond donors (Lipinski definition) is 1. The zero-order valence-electron chi connectivity index (χ0n) is 8.17. The SMILES string of the molecule is NCCc1ccc(N2CCC2)cc1Cl. The maximum absolute atomic E-state index is 6.15. The molecule has 0 radical (unpaired) electrons. The quantitative estimate of drug-likeness (QED) is 0.828. The van der Waals surface area contributed by atoms with Crippen molar-refractivity contribution in [3.8, 4) is 0 Å². The van der Waals surface area contributed by atoms with E-state index in [1.54, 1.807) is 0 Å². The van der Waals surface area contributed by atoms with Gasteiger partial charge in [0, 0.05) is 23.8 Å². The summed E-state index contributed by atoms with van der Waals surface area (Å²) in [5.74, 6) is 0. The van der Waals surface area contributed by atoms with E-state index in [4.69, 9.17) is 17.3 Å². The normalized spacial score (nSPS) is 15.4. The van der Waals surface area contributed by atoms with Gasteiger partial charge in [-0.1, -0.05) is 17.7 Å². The van der Waals surface area contributed by atoms with Crippen molar-refractivity contribution in [2.45, 2.75) is 12.8 Å². The fraction of sp³-hybridized carbons (Fsp3) is 0.455. The van der Waals surface area contributed by atoms with Gasteiger partial charge in [0.25, 0.3) is 0 Å². The van der Waals surface area contributed by atoms with Gasteiger partial charge in [0.15, 0.2) is 0 Å². The molecule has 0 aromatic heterocycles. The van der Waals surface area contributed by atoms with E-state index in [1.807, 2.05) is 6.07 Å². The Balaban J connectivity index is 2.16. The molecular formula is C11H15ClN2. The molecule has 1 aromatic rings. The minimum Gasteiger partial charge on any atom is -0.371 e. The van der Waals surface area contributed by atoms with Gasteiger partial charge < -0.3 is 10.6 Å². The van der Waals surface area contributed by atoms with Crippen molar-refractivity contribution in [2.75, 3.05) is 24.5 Å². The molecular weight excluding hydrogens is 196 g/mol. The summed E-state index contributed by atoms with van der Waals surface area (Å²) >= 11 is 6.15. The van der Waals surface area contributed by atoms with Crippen LogP contribution in [0.5, 0.6) is 0 Å². The van der Waals surface area contributed by atoms with Gasteiger partial charge in [0.2, 0.25) is 0 Å². The van der Waals surface area contributed by atoms with E-state index >= 15 is 0 Å². The molecule has 1 aliphatic rings. The van der Waals surface area contributed by atoms with Crippen LogP contribution < -0.4 is 10.6 Å². The Kier molecular flexibility index (Phi) is 2.94. The first-order valence-corrected chi connectivity index (χ1v) is 5.42. The minimum atomic E-state index is 0.656. The minimum absolute atomic E-state index is 0.656. The van der Waals surface area contributed by atoms with Crippen molar-refractivity contribution in [1.82, 2.24) is 0 Å². The van der Waals surface area contributed by atoms with Crippen molar-refractivity contribution in [3.63, 3.8) is 0 Å². The van der Waals surface area contributed by atoms with Crippen LogP contribution >= 0.6 is 11.6 Å². The fourth-order valence-electron chi connectivity index (χ4n) is 1.67. The van der Waals surface area contributed by atoms with Crippen LogP contribution in [-0.4, -0.2) is 19.6 Å². The van der Waals surface area contributed by atoms with Crippen LogP contribution in [0.2, 0.25) is 5.02 Å². The lowest BCUT2D eigenvalue weighted by molar-refractivity contribution is 0.617. The molecule has 2 rings (SSSR count). The number of halogens is 1. The van der Waals surface area contributed by atoms with Crippen LogP contribution in [0, 0.1) is 0 Å². The Morgan fingerprint density at radius 2 is 2.14 bits per heavy atom. The molecule has 1 fully saturated rings. The number of hydrogen-bond acceptors (Lipinski definition) is 2. The second-order valence-corrected chi connectivity index (χ2v) is 4.06. The fourth-order valence-corrected chi connectivity index (χ4v) is 1.93. The molecule has 0 aliphatic carbocycles. The first-order valence-electron chi connectivity index (χ1n) is 5.04. The predicted molar refractivity (Wildman–Crippen MR) is 61.0 cm³/mol. The zero-order chi connectivity index (χ0) is 9.97. The Hall–Kier alpha value is -0.730. The summed E-state index contributed by atoms with van der Waals surface area (Å²) in [4.78, 5) is 2.33. The van der Waals surface area contributed by atoms with Crippen LogP contribution in [0.3, 0.4) is 0 Å². The van der Waals surface area contributed by atoms with Crippen LogP contribution in [-0.2, 0) is 6.42 Å². The van der Waals surface area contributed by atoms with Gasteiger partial charge in [-0.05, 0) is 37.1 Å². The van der Waals surface area contributed by atoms with Crippen LogP contribution in [0.4, 0.5) is 5.69 Å². The summed E-state index contributed by atoms with van der Waals surface area (Å²) in [6.07, 6.45) is 2.15. The molecule has 76 valence electrons. The molecule has 0 unspecified atom stereocenters. The average molecular weight is 211 g/mol. The summed E-state index contributed by atoms with van der Waals surface area (Å²) in [6, 6.07) is 6.27. The Morgan fingerprint density at radius 3 is 2.64 bits per heavy atom. The Bertz CT molecular complexity index is 321. The largest absolute Gasteiger partial charge is 0.371 e. The highest BCUT2D eigenvalue weighted by Crippen LogP contribution is 2.26. The monoisotopic (exact) mass is 210 g/mol. The highest BCUT2D eigenvalue weighted by Gasteiger charge is 2.14. The summed E-state index contributed by atoms with van der Waals surface area (Å²) in [7, 11) is 0. The van der Waals surface area contributed by atoms with E-state index in [2.05, 4.69) is 17.0 Å². The number of nitrogens with zero attached hydrogens (tertiary/aromatic N) is 1. The third-order valence-corrected chi connectivity index (χ3v) is 3.02. The number of nitrogens with two attached hydrogens (primary N) is 1. The van der Waals surface area contributed by atoms with E-state index in [9.17, 15) is 0 Å². The smallest absolute Gasteiger partial charge is 0.0459 e. The Labute approximate surface area is 89.7 Å². The molecule has 1 heterocycles. The average Bonchev–Trinajstić information content (AvgIpc) is 2.07. The van der Waals surface area contributed by atoms with Crippen LogP contribution in [0.15, 0.2) is 18.2 Å². The second kappa shape index (κ2) is 4.20. The van der Waals surface area contributed by atoms with Gasteiger partial charge >= 0.3 is 0 Å². The van der Waals surface area contributed by atoms with E-state index in [0.29, 0.717) is 6.54 Å². The molecule has 14 heavy (non-hydrogen) atoms.